The van der Waals surface area contributed by atoms with E-state index < -0.39 is 20.0 Å². The Morgan fingerprint density at radius 2 is 1.02 bits per heavy atom. The highest BCUT2D eigenvalue weighted by atomic mass is 31.1. The second-order valence-electron chi connectivity index (χ2n) is 16.6. The van der Waals surface area contributed by atoms with Gasteiger partial charge in [0.05, 0.1) is 14.2 Å². The Balaban J connectivity index is 1.88. The minimum absolute atomic E-state index is 0.326. The maximum atomic E-state index is 13.0. The Kier molecular flexibility index (Phi) is 10.5. The lowest BCUT2D eigenvalue weighted by Crippen LogP contribution is -2.26. The molecule has 0 unspecified atom stereocenters. The molecule has 4 aromatic carbocycles. The van der Waals surface area contributed by atoms with Crippen LogP contribution in [-0.2, 0) is 15.6 Å². The van der Waals surface area contributed by atoms with Gasteiger partial charge in [0.1, 0.15) is 39.8 Å². The fourth-order valence-corrected chi connectivity index (χ4v) is 7.55. The summed E-state index contributed by atoms with van der Waals surface area (Å²) in [5, 5.41) is 1.64. The van der Waals surface area contributed by atoms with E-state index in [4.69, 9.17) is 31.9 Å². The van der Waals surface area contributed by atoms with Crippen LogP contribution in [0.5, 0.6) is 23.0 Å². The fourth-order valence-electron chi connectivity index (χ4n) is 6.35. The van der Waals surface area contributed by atoms with Crippen LogP contribution >= 0.6 is 8.24 Å². The van der Waals surface area contributed by atoms with Crippen molar-refractivity contribution < 1.29 is 36.7 Å². The second-order valence-corrected chi connectivity index (χ2v) is 17.6. The zero-order chi connectivity index (χ0) is 38.5. The lowest BCUT2D eigenvalue weighted by Gasteiger charge is -2.22. The van der Waals surface area contributed by atoms with Crippen LogP contribution in [-0.4, -0.2) is 26.0 Å². The van der Waals surface area contributed by atoms with Gasteiger partial charge in [-0.2, -0.15) is 0 Å². The topological polar surface area (TPSA) is 89.5 Å². The van der Waals surface area contributed by atoms with E-state index in [9.17, 15) is 4.79 Å². The van der Waals surface area contributed by atoms with Crippen LogP contribution in [0.15, 0.2) is 56.9 Å². The molecular weight excluding hydrogens is 675 g/mol. The van der Waals surface area contributed by atoms with Crippen LogP contribution < -0.4 is 18.7 Å². The van der Waals surface area contributed by atoms with E-state index in [0.29, 0.717) is 39.7 Å². The summed E-state index contributed by atoms with van der Waals surface area (Å²) < 4.78 is 44.0. The van der Waals surface area contributed by atoms with Crippen molar-refractivity contribution in [3.05, 3.63) is 81.9 Å². The van der Waals surface area contributed by atoms with E-state index in [0.717, 1.165) is 49.7 Å². The molecule has 278 valence electrons. The van der Waals surface area contributed by atoms with Crippen molar-refractivity contribution in [3.8, 4) is 34.1 Å². The number of aryl methyl sites for hydroxylation is 4. The smallest absolute Gasteiger partial charge is 0.497 e. The summed E-state index contributed by atoms with van der Waals surface area (Å²) in [6.45, 7) is 26.2. The van der Waals surface area contributed by atoms with Crippen LogP contribution in [0.25, 0.3) is 33.1 Å². The third kappa shape index (κ3) is 8.23. The SMILES string of the molecule is COc1cc(C(C)(C)C)c2op(Oc3c(C)cc(C)cc3-c3cc(C)cc(C)c3OC(=O)OC(C)(C)C)oc3c(C(C)(C)C)cc(OC)cc3c2c1. The monoisotopic (exact) mass is 728 g/mol. The third-order valence-electron chi connectivity index (χ3n) is 8.70. The largest absolute Gasteiger partial charge is 0.514 e. The van der Waals surface area contributed by atoms with Gasteiger partial charge in [0.25, 0.3) is 0 Å². The molecule has 0 saturated heterocycles. The number of rotatable bonds is 6. The molecule has 1 aromatic heterocycles. The molecule has 52 heavy (non-hydrogen) atoms. The first-order valence-electron chi connectivity index (χ1n) is 17.5. The Hall–Kier alpha value is -4.55. The van der Waals surface area contributed by atoms with E-state index in [-0.39, 0.29) is 10.8 Å². The highest BCUT2D eigenvalue weighted by Crippen LogP contribution is 2.49. The summed E-state index contributed by atoms with van der Waals surface area (Å²) in [4.78, 5) is 13.0. The first-order chi connectivity index (χ1) is 24.1. The molecule has 9 heteroatoms. The van der Waals surface area contributed by atoms with Crippen LogP contribution in [0.4, 0.5) is 4.79 Å². The van der Waals surface area contributed by atoms with Crippen LogP contribution in [0, 0.1) is 27.7 Å². The molecule has 5 aromatic rings. The van der Waals surface area contributed by atoms with Crippen molar-refractivity contribution >= 4 is 36.3 Å². The molecule has 0 atom stereocenters. The number of carbonyl (C=O) groups is 1. The first kappa shape index (κ1) is 38.7. The van der Waals surface area contributed by atoms with E-state index in [1.54, 1.807) is 35.0 Å². The number of carbonyl (C=O) groups excluding carboxylic acids is 1. The van der Waals surface area contributed by atoms with Gasteiger partial charge < -0.3 is 31.9 Å². The number of hydrogen-bond donors (Lipinski definition) is 0. The maximum Gasteiger partial charge on any atom is 0.514 e. The number of methoxy groups -OCH3 is 2. The molecule has 0 radical (unpaired) electrons. The van der Waals surface area contributed by atoms with E-state index in [1.165, 1.54) is 0 Å². The first-order valence-corrected chi connectivity index (χ1v) is 18.6. The zero-order valence-corrected chi connectivity index (χ0v) is 34.2. The molecule has 0 spiro atoms. The molecule has 0 bridgehead atoms. The second kappa shape index (κ2) is 14.1. The average Bonchev–Trinajstić information content (AvgIpc) is 3.16. The molecule has 0 aliphatic carbocycles. The third-order valence-corrected chi connectivity index (χ3v) is 9.70. The summed E-state index contributed by atoms with van der Waals surface area (Å²) in [5.41, 5.74) is 6.90. The molecule has 0 amide bonds. The van der Waals surface area contributed by atoms with Gasteiger partial charge in [0, 0.05) is 33.0 Å². The van der Waals surface area contributed by atoms with Crippen molar-refractivity contribution in [1.82, 2.24) is 0 Å². The van der Waals surface area contributed by atoms with E-state index in [2.05, 4.69) is 47.6 Å². The Morgan fingerprint density at radius 1 is 0.596 bits per heavy atom. The number of fused-ring (bicyclic) bond motifs is 3. The average molecular weight is 729 g/mol. The molecular formula is C43H53O8P. The molecule has 0 N–H and O–H groups in total. The van der Waals surface area contributed by atoms with Gasteiger partial charge in [-0.3, -0.25) is 0 Å². The number of hydrogen-bond acceptors (Lipinski definition) is 8. The molecule has 0 aliphatic heterocycles. The predicted octanol–water partition coefficient (Wildman–Crippen LogP) is 13.0. The zero-order valence-electron chi connectivity index (χ0n) is 33.3. The van der Waals surface area contributed by atoms with Gasteiger partial charge in [-0.05, 0) is 118 Å². The molecule has 5 rings (SSSR count). The summed E-state index contributed by atoms with van der Waals surface area (Å²) in [6, 6.07) is 16.1. The van der Waals surface area contributed by atoms with Crippen LogP contribution in [0.1, 0.15) is 95.7 Å². The van der Waals surface area contributed by atoms with Crippen molar-refractivity contribution in [2.45, 2.75) is 106 Å². The fraction of sp³-hybridized carbons (Fsp3) is 0.419. The van der Waals surface area contributed by atoms with Crippen molar-refractivity contribution in [2.75, 3.05) is 14.2 Å². The summed E-state index contributed by atoms with van der Waals surface area (Å²) in [7, 11) is 1.23. The van der Waals surface area contributed by atoms with Crippen LogP contribution in [0.2, 0.25) is 0 Å². The van der Waals surface area contributed by atoms with Gasteiger partial charge in [-0.25, -0.2) is 4.79 Å². The minimum atomic E-state index is -2.11. The summed E-state index contributed by atoms with van der Waals surface area (Å²) in [6.07, 6.45) is -0.782. The Bertz CT molecular complexity index is 2120. The van der Waals surface area contributed by atoms with Gasteiger partial charge in [0.2, 0.25) is 0 Å². The number of benzene rings is 4. The molecule has 8 nitrogen and oxygen atoms in total. The summed E-state index contributed by atoms with van der Waals surface area (Å²) in [5.74, 6) is 2.35. The highest BCUT2D eigenvalue weighted by Gasteiger charge is 2.28. The van der Waals surface area contributed by atoms with Crippen molar-refractivity contribution in [3.63, 3.8) is 0 Å². The lowest BCUT2D eigenvalue weighted by atomic mass is 9.84. The van der Waals surface area contributed by atoms with E-state index in [1.807, 2.05) is 70.2 Å². The van der Waals surface area contributed by atoms with Gasteiger partial charge in [-0.1, -0.05) is 53.7 Å². The van der Waals surface area contributed by atoms with Gasteiger partial charge in [-0.15, -0.1) is 0 Å². The van der Waals surface area contributed by atoms with Crippen LogP contribution in [0.3, 0.4) is 0 Å². The van der Waals surface area contributed by atoms with Gasteiger partial charge in [0.15, 0.2) is 0 Å². The molecule has 0 fully saturated rings. The lowest BCUT2D eigenvalue weighted by molar-refractivity contribution is 0.0205. The molecule has 1 heterocycles. The maximum absolute atomic E-state index is 13.0. The predicted molar refractivity (Wildman–Crippen MR) is 211 cm³/mol. The van der Waals surface area contributed by atoms with E-state index >= 15 is 0 Å². The van der Waals surface area contributed by atoms with Crippen molar-refractivity contribution in [1.29, 1.82) is 0 Å². The highest BCUT2D eigenvalue weighted by molar-refractivity contribution is 7.32. The Labute approximate surface area is 309 Å². The normalized spacial score (nSPS) is 12.2. The quantitative estimate of drug-likeness (QED) is 0.126. The Morgan fingerprint density at radius 3 is 1.42 bits per heavy atom. The van der Waals surface area contributed by atoms with Crippen molar-refractivity contribution in [2.24, 2.45) is 0 Å². The summed E-state index contributed by atoms with van der Waals surface area (Å²) >= 11 is 0. The minimum Gasteiger partial charge on any atom is -0.497 e. The number of ether oxygens (including phenoxy) is 4. The standard InChI is InChI=1S/C43H53O8P/c1-24-16-26(3)36(47-40(44)48-43(11,12)13)30(18-24)31-19-25(2)17-27(4)37(31)49-52-50-38-32(20-28(45-14)22-34(38)41(5,6)7)33-21-29(46-15)23-35(39(33)51-52)42(8,9)10/h16-23H,1-15H3. The molecule has 0 saturated carbocycles. The van der Waals surface area contributed by atoms with Gasteiger partial charge >= 0.3 is 14.4 Å². The molecule has 0 aliphatic rings.